The van der Waals surface area contributed by atoms with E-state index in [1.165, 1.54) is 18.3 Å². The molecular weight excluding hydrogens is 366 g/mol. The molecule has 0 unspecified atom stereocenters. The molecule has 2 nitrogen and oxygen atoms in total. The van der Waals surface area contributed by atoms with Crippen LogP contribution in [-0.4, -0.2) is 36.7 Å². The van der Waals surface area contributed by atoms with Crippen molar-refractivity contribution in [1.29, 1.82) is 0 Å². The van der Waals surface area contributed by atoms with Gasteiger partial charge in [-0.1, -0.05) is 0 Å². The second-order valence-electron chi connectivity index (χ2n) is 8.34. The zero-order valence-corrected chi connectivity index (χ0v) is 18.6. The van der Waals surface area contributed by atoms with Crippen LogP contribution in [0.5, 0.6) is 0 Å². The number of allylic oxidation sites excluding steroid dienone is 2. The SMILES string of the molecule is CCC/C(B1OC(C)(C)C(C)(C)O1)=[C](\CCC)[Sn]([CH3])([CH3])[CH3]. The van der Waals surface area contributed by atoms with E-state index in [-0.39, 0.29) is 18.3 Å². The first kappa shape index (κ1) is 19.6. The Morgan fingerprint density at radius 1 is 0.857 bits per heavy atom. The van der Waals surface area contributed by atoms with Crippen molar-refractivity contribution < 1.29 is 9.31 Å². The van der Waals surface area contributed by atoms with Crippen molar-refractivity contribution in [1.82, 2.24) is 0 Å². The Bertz CT molecular complexity index is 378. The normalized spacial score (nSPS) is 22.4. The van der Waals surface area contributed by atoms with Crippen LogP contribution in [0.1, 0.15) is 67.2 Å². The van der Waals surface area contributed by atoms with E-state index >= 15 is 0 Å². The van der Waals surface area contributed by atoms with Crippen LogP contribution >= 0.6 is 0 Å². The van der Waals surface area contributed by atoms with Gasteiger partial charge in [-0.25, -0.2) is 0 Å². The summed E-state index contributed by atoms with van der Waals surface area (Å²) in [6.07, 6.45) is 4.71. The zero-order valence-electron chi connectivity index (χ0n) is 15.7. The summed E-state index contributed by atoms with van der Waals surface area (Å²) < 4.78 is 14.4. The number of rotatable bonds is 6. The Morgan fingerprint density at radius 3 is 1.62 bits per heavy atom. The first-order valence-corrected chi connectivity index (χ1v) is 18.5. The molecule has 0 spiro atoms. The van der Waals surface area contributed by atoms with Crippen LogP contribution in [0.3, 0.4) is 0 Å². The third-order valence-electron chi connectivity index (χ3n) is 4.85. The first-order chi connectivity index (χ1) is 9.46. The predicted octanol–water partition coefficient (Wildman–Crippen LogP) is 5.39. The van der Waals surface area contributed by atoms with Gasteiger partial charge < -0.3 is 0 Å². The van der Waals surface area contributed by atoms with Crippen molar-refractivity contribution in [2.24, 2.45) is 0 Å². The zero-order chi connectivity index (χ0) is 16.5. The minimum atomic E-state index is -2.13. The molecule has 1 rings (SSSR count). The van der Waals surface area contributed by atoms with Crippen molar-refractivity contribution in [3.63, 3.8) is 0 Å². The molecule has 0 amide bonds. The van der Waals surface area contributed by atoms with E-state index in [2.05, 4.69) is 56.4 Å². The van der Waals surface area contributed by atoms with Gasteiger partial charge in [0.15, 0.2) is 0 Å². The summed E-state index contributed by atoms with van der Waals surface area (Å²) in [5.74, 6) is 0. The van der Waals surface area contributed by atoms with Crippen molar-refractivity contribution >= 4 is 25.5 Å². The Kier molecular flexibility index (Phi) is 6.49. The molecule has 1 aliphatic rings. The molecule has 1 aliphatic heterocycles. The van der Waals surface area contributed by atoms with Crippen molar-refractivity contribution in [2.45, 2.75) is 93.2 Å². The summed E-state index contributed by atoms with van der Waals surface area (Å²) in [6, 6.07) is 0. The van der Waals surface area contributed by atoms with Crippen molar-refractivity contribution in [3.8, 4) is 0 Å². The molecular formula is C17H35BO2Sn. The van der Waals surface area contributed by atoms with Crippen LogP contribution in [0, 0.1) is 0 Å². The summed E-state index contributed by atoms with van der Waals surface area (Å²) >= 11 is -2.13. The Hall–Kier alpha value is 0.524. The fourth-order valence-corrected chi connectivity index (χ4v) is 9.23. The molecule has 0 aromatic rings. The van der Waals surface area contributed by atoms with E-state index in [9.17, 15) is 0 Å². The molecule has 0 radical (unpaired) electrons. The van der Waals surface area contributed by atoms with E-state index in [1.54, 1.807) is 3.59 Å². The molecule has 0 aromatic heterocycles. The standard InChI is InChI=1S/C14H26BO2.3CH3.Sn/c1-7-9-11-12(10-8-2)15-16-13(3,4)14(5,6)17-15;;;;/h7-10H2,1-6H3;3*1H3;. The van der Waals surface area contributed by atoms with Gasteiger partial charge in [0, 0.05) is 0 Å². The van der Waals surface area contributed by atoms with Crippen LogP contribution in [-0.2, 0) is 9.31 Å². The Balaban J connectivity index is 3.23. The van der Waals surface area contributed by atoms with Gasteiger partial charge in [-0.15, -0.1) is 0 Å². The second kappa shape index (κ2) is 6.96. The molecule has 0 atom stereocenters. The van der Waals surface area contributed by atoms with Crippen LogP contribution in [0.4, 0.5) is 0 Å². The molecule has 0 aliphatic carbocycles. The summed E-state index contributed by atoms with van der Waals surface area (Å²) in [7, 11) is -0.132. The van der Waals surface area contributed by atoms with Gasteiger partial charge in [-0.3, -0.25) is 0 Å². The van der Waals surface area contributed by atoms with Gasteiger partial charge in [0.1, 0.15) is 0 Å². The van der Waals surface area contributed by atoms with E-state index in [0.717, 1.165) is 12.8 Å². The fourth-order valence-electron chi connectivity index (χ4n) is 2.93. The summed E-state index contributed by atoms with van der Waals surface area (Å²) in [4.78, 5) is 7.54. The van der Waals surface area contributed by atoms with Gasteiger partial charge in [-0.2, -0.15) is 0 Å². The average Bonchev–Trinajstić information content (AvgIpc) is 2.51. The second-order valence-corrected chi connectivity index (χ2v) is 22.9. The molecule has 4 heteroatoms. The number of hydrogen-bond acceptors (Lipinski definition) is 2. The van der Waals surface area contributed by atoms with Crippen LogP contribution in [0.15, 0.2) is 9.06 Å². The molecule has 0 bridgehead atoms. The van der Waals surface area contributed by atoms with Crippen LogP contribution in [0.25, 0.3) is 0 Å². The van der Waals surface area contributed by atoms with E-state index in [4.69, 9.17) is 9.31 Å². The third kappa shape index (κ3) is 4.51. The molecule has 122 valence electrons. The van der Waals surface area contributed by atoms with Crippen LogP contribution in [0.2, 0.25) is 14.8 Å². The van der Waals surface area contributed by atoms with Crippen LogP contribution < -0.4 is 0 Å². The quantitative estimate of drug-likeness (QED) is 0.556. The molecule has 1 saturated heterocycles. The van der Waals surface area contributed by atoms with E-state index in [0.29, 0.717) is 0 Å². The molecule has 0 saturated carbocycles. The molecule has 0 aromatic carbocycles. The van der Waals surface area contributed by atoms with Crippen molar-refractivity contribution in [3.05, 3.63) is 9.06 Å². The topological polar surface area (TPSA) is 18.5 Å². The molecule has 21 heavy (non-hydrogen) atoms. The monoisotopic (exact) mass is 402 g/mol. The van der Waals surface area contributed by atoms with Gasteiger partial charge in [0.05, 0.1) is 0 Å². The Labute approximate surface area is 137 Å². The van der Waals surface area contributed by atoms with Gasteiger partial charge in [0.25, 0.3) is 0 Å². The Morgan fingerprint density at radius 2 is 1.29 bits per heavy atom. The average molecular weight is 401 g/mol. The predicted molar refractivity (Wildman–Crippen MR) is 96.3 cm³/mol. The fraction of sp³-hybridized carbons (Fsp3) is 0.882. The summed E-state index contributed by atoms with van der Waals surface area (Å²) in [5.41, 5.74) is 1.00. The summed E-state index contributed by atoms with van der Waals surface area (Å²) in [6.45, 7) is 13.1. The van der Waals surface area contributed by atoms with Gasteiger partial charge in [0.2, 0.25) is 0 Å². The number of hydrogen-bond donors (Lipinski definition) is 0. The van der Waals surface area contributed by atoms with E-state index < -0.39 is 18.4 Å². The maximum absolute atomic E-state index is 6.35. The maximum atomic E-state index is 6.35. The van der Waals surface area contributed by atoms with Gasteiger partial charge >= 0.3 is 137 Å². The minimum absolute atomic E-state index is 0.132. The molecule has 1 heterocycles. The first-order valence-electron chi connectivity index (χ1n) is 8.54. The van der Waals surface area contributed by atoms with Crippen molar-refractivity contribution in [2.75, 3.05) is 0 Å². The third-order valence-corrected chi connectivity index (χ3v) is 11.6. The summed E-state index contributed by atoms with van der Waals surface area (Å²) in [5, 5.41) is 0. The molecule has 0 N–H and O–H groups in total. The van der Waals surface area contributed by atoms with E-state index in [1.807, 2.05) is 0 Å². The molecule has 1 fully saturated rings. The van der Waals surface area contributed by atoms with Gasteiger partial charge in [-0.05, 0) is 0 Å².